The highest BCUT2D eigenvalue weighted by molar-refractivity contribution is 5.93. The molecule has 0 aliphatic carbocycles. The van der Waals surface area contributed by atoms with Crippen molar-refractivity contribution in [2.45, 2.75) is 12.8 Å². The number of rotatable bonds is 5. The van der Waals surface area contributed by atoms with Crippen molar-refractivity contribution in [3.8, 4) is 0 Å². The summed E-state index contributed by atoms with van der Waals surface area (Å²) in [6, 6.07) is 1.91. The van der Waals surface area contributed by atoms with Gasteiger partial charge in [-0.1, -0.05) is 0 Å². The van der Waals surface area contributed by atoms with E-state index in [1.54, 1.807) is 22.0 Å². The maximum Gasteiger partial charge on any atom is 0.256 e. The first kappa shape index (κ1) is 18.2. The molecule has 1 aliphatic rings. The number of aromatic nitrogens is 4. The Labute approximate surface area is 154 Å². The fourth-order valence-electron chi connectivity index (χ4n) is 3.28. The molecule has 0 N–H and O–H groups in total. The lowest BCUT2D eigenvalue weighted by atomic mass is 9.96. The summed E-state index contributed by atoms with van der Waals surface area (Å²) >= 11 is 0. The highest BCUT2D eigenvalue weighted by Gasteiger charge is 2.24. The van der Waals surface area contributed by atoms with Crippen LogP contribution in [0.1, 0.15) is 23.2 Å². The largest absolute Gasteiger partial charge is 0.363 e. The summed E-state index contributed by atoms with van der Waals surface area (Å²) in [5.41, 5.74) is 0.640. The first-order valence-corrected chi connectivity index (χ1v) is 8.93. The summed E-state index contributed by atoms with van der Waals surface area (Å²) in [7, 11) is 7.64. The van der Waals surface area contributed by atoms with Crippen molar-refractivity contribution in [1.29, 1.82) is 0 Å². The molecule has 1 amide bonds. The molecule has 3 heterocycles. The van der Waals surface area contributed by atoms with Gasteiger partial charge in [-0.25, -0.2) is 4.98 Å². The summed E-state index contributed by atoms with van der Waals surface area (Å²) in [5, 5.41) is 4.07. The van der Waals surface area contributed by atoms with Gasteiger partial charge in [-0.2, -0.15) is 10.1 Å². The molecular formula is C18H27N7O. The van der Waals surface area contributed by atoms with Crippen molar-refractivity contribution < 1.29 is 4.79 Å². The Kier molecular flexibility index (Phi) is 5.39. The van der Waals surface area contributed by atoms with E-state index in [0.29, 0.717) is 11.5 Å². The van der Waals surface area contributed by atoms with Gasteiger partial charge in [-0.05, 0) is 24.8 Å². The molecule has 26 heavy (non-hydrogen) atoms. The summed E-state index contributed by atoms with van der Waals surface area (Å²) in [5.74, 6) is 2.23. The zero-order valence-electron chi connectivity index (χ0n) is 16.0. The van der Waals surface area contributed by atoms with Crippen LogP contribution in [0.5, 0.6) is 0 Å². The number of hydrogen-bond acceptors (Lipinski definition) is 6. The molecule has 1 aliphatic heterocycles. The van der Waals surface area contributed by atoms with E-state index in [4.69, 9.17) is 0 Å². The number of hydrogen-bond donors (Lipinski definition) is 0. The molecule has 0 saturated carbocycles. The van der Waals surface area contributed by atoms with E-state index in [1.165, 1.54) is 0 Å². The van der Waals surface area contributed by atoms with Crippen LogP contribution >= 0.6 is 0 Å². The predicted molar refractivity (Wildman–Crippen MR) is 101 cm³/mol. The van der Waals surface area contributed by atoms with Gasteiger partial charge < -0.3 is 14.7 Å². The van der Waals surface area contributed by atoms with Crippen LogP contribution in [0.15, 0.2) is 24.7 Å². The average molecular weight is 357 g/mol. The molecule has 140 valence electrons. The summed E-state index contributed by atoms with van der Waals surface area (Å²) in [6.07, 6.45) is 7.25. The monoisotopic (exact) mass is 357 g/mol. The molecule has 8 nitrogen and oxygen atoms in total. The fraction of sp³-hybridized carbons (Fsp3) is 0.556. The molecule has 2 aromatic rings. The first-order chi connectivity index (χ1) is 12.4. The van der Waals surface area contributed by atoms with Gasteiger partial charge in [0.05, 0.1) is 11.8 Å². The van der Waals surface area contributed by atoms with Crippen LogP contribution in [0.4, 0.5) is 11.8 Å². The van der Waals surface area contributed by atoms with E-state index in [9.17, 15) is 4.79 Å². The number of piperidine rings is 1. The van der Waals surface area contributed by atoms with Gasteiger partial charge in [0.15, 0.2) is 0 Å². The van der Waals surface area contributed by atoms with Gasteiger partial charge in [-0.15, -0.1) is 0 Å². The molecule has 0 atom stereocenters. The lowest BCUT2D eigenvalue weighted by molar-refractivity contribution is 0.0764. The van der Waals surface area contributed by atoms with Gasteiger partial charge in [0.1, 0.15) is 5.82 Å². The van der Waals surface area contributed by atoms with Crippen molar-refractivity contribution in [1.82, 2.24) is 24.6 Å². The quantitative estimate of drug-likeness (QED) is 0.802. The van der Waals surface area contributed by atoms with Crippen molar-refractivity contribution in [2.75, 3.05) is 50.6 Å². The zero-order valence-corrected chi connectivity index (χ0v) is 16.0. The number of nitrogens with zero attached hydrogens (tertiary/aromatic N) is 7. The molecule has 0 bridgehead atoms. The van der Waals surface area contributed by atoms with Gasteiger partial charge >= 0.3 is 0 Å². The summed E-state index contributed by atoms with van der Waals surface area (Å²) < 4.78 is 1.65. The molecular weight excluding hydrogens is 330 g/mol. The number of carbonyl (C=O) groups is 1. The molecule has 0 aromatic carbocycles. The van der Waals surface area contributed by atoms with Crippen LogP contribution in [0.25, 0.3) is 0 Å². The van der Waals surface area contributed by atoms with Crippen LogP contribution in [-0.4, -0.2) is 71.3 Å². The number of anilines is 2. The highest BCUT2D eigenvalue weighted by Crippen LogP contribution is 2.22. The Balaban J connectivity index is 1.53. The molecule has 1 saturated heterocycles. The molecule has 0 unspecified atom stereocenters. The second-order valence-electron chi connectivity index (χ2n) is 7.13. The minimum Gasteiger partial charge on any atom is -0.363 e. The molecule has 1 fully saturated rings. The van der Waals surface area contributed by atoms with Gasteiger partial charge in [0.25, 0.3) is 5.91 Å². The molecule has 2 aromatic heterocycles. The lowest BCUT2D eigenvalue weighted by Crippen LogP contribution is -2.40. The van der Waals surface area contributed by atoms with Gasteiger partial charge in [-0.3, -0.25) is 9.48 Å². The van der Waals surface area contributed by atoms with Crippen LogP contribution in [0.3, 0.4) is 0 Å². The van der Waals surface area contributed by atoms with Crippen molar-refractivity contribution >= 4 is 17.7 Å². The Hall–Kier alpha value is -2.64. The minimum atomic E-state index is 0.0301. The topological polar surface area (TPSA) is 70.4 Å². The SMILES string of the molecule is CN(CC1CCN(c2nccc(N(C)C)n2)CC1)C(=O)c1cnn(C)c1. The first-order valence-electron chi connectivity index (χ1n) is 8.93. The fourth-order valence-corrected chi connectivity index (χ4v) is 3.28. The summed E-state index contributed by atoms with van der Waals surface area (Å²) in [4.78, 5) is 27.5. The van der Waals surface area contributed by atoms with E-state index in [-0.39, 0.29) is 5.91 Å². The number of carbonyl (C=O) groups excluding carboxylic acids is 1. The van der Waals surface area contributed by atoms with Crippen LogP contribution in [-0.2, 0) is 7.05 Å². The molecule has 0 radical (unpaired) electrons. The van der Waals surface area contributed by atoms with Crippen molar-refractivity contribution in [3.05, 3.63) is 30.2 Å². The van der Waals surface area contributed by atoms with Crippen molar-refractivity contribution in [2.24, 2.45) is 13.0 Å². The normalized spacial score (nSPS) is 15.2. The summed E-state index contributed by atoms with van der Waals surface area (Å²) in [6.45, 7) is 2.59. The average Bonchev–Trinajstić information content (AvgIpc) is 3.08. The number of aryl methyl sites for hydroxylation is 1. The molecule has 3 rings (SSSR count). The third-order valence-electron chi connectivity index (χ3n) is 4.81. The van der Waals surface area contributed by atoms with Gasteiger partial charge in [0.2, 0.25) is 5.95 Å². The second-order valence-corrected chi connectivity index (χ2v) is 7.13. The standard InChI is InChI=1S/C18H27N7O/c1-22(2)16-5-8-19-18(21-16)25-9-6-14(7-10-25)12-23(3)17(26)15-11-20-24(4)13-15/h5,8,11,13-14H,6-7,9-10,12H2,1-4H3. The van der Waals surface area contributed by atoms with Gasteiger partial charge in [0, 0.05) is 60.2 Å². The Morgan fingerprint density at radius 1 is 1.27 bits per heavy atom. The maximum absolute atomic E-state index is 12.5. The van der Waals surface area contributed by atoms with Crippen molar-refractivity contribution in [3.63, 3.8) is 0 Å². The smallest absolute Gasteiger partial charge is 0.256 e. The highest BCUT2D eigenvalue weighted by atomic mass is 16.2. The van der Waals surface area contributed by atoms with Crippen LogP contribution in [0.2, 0.25) is 0 Å². The third kappa shape index (κ3) is 4.12. The maximum atomic E-state index is 12.5. The van der Waals surface area contributed by atoms with E-state index < -0.39 is 0 Å². The molecule has 8 heteroatoms. The lowest BCUT2D eigenvalue weighted by Gasteiger charge is -2.34. The second kappa shape index (κ2) is 7.72. The third-order valence-corrected chi connectivity index (χ3v) is 4.81. The van der Waals surface area contributed by atoms with E-state index in [2.05, 4.69) is 20.0 Å². The van der Waals surface area contributed by atoms with Crippen LogP contribution < -0.4 is 9.80 Å². The zero-order chi connectivity index (χ0) is 18.7. The predicted octanol–water partition coefficient (Wildman–Crippen LogP) is 1.26. The molecule has 0 spiro atoms. The van der Waals surface area contributed by atoms with E-state index in [0.717, 1.165) is 44.2 Å². The Morgan fingerprint density at radius 2 is 2.00 bits per heavy atom. The number of amides is 1. The van der Waals surface area contributed by atoms with E-state index >= 15 is 0 Å². The Bertz CT molecular complexity index is 750. The Morgan fingerprint density at radius 3 is 2.62 bits per heavy atom. The van der Waals surface area contributed by atoms with E-state index in [1.807, 2.05) is 45.4 Å². The minimum absolute atomic E-state index is 0.0301. The van der Waals surface area contributed by atoms with Crippen LogP contribution in [0, 0.1) is 5.92 Å².